The smallest absolute Gasteiger partial charge is 0.329 e. The molecule has 2 N–H and O–H groups in total. The van der Waals surface area contributed by atoms with Gasteiger partial charge in [-0.15, -0.1) is 0 Å². The zero-order valence-electron chi connectivity index (χ0n) is 10.9. The van der Waals surface area contributed by atoms with Crippen LogP contribution in [0.15, 0.2) is 12.3 Å². The van der Waals surface area contributed by atoms with Crippen LogP contribution in [0.4, 0.5) is 0 Å². The number of hydrogen-bond donors (Lipinski definition) is 2. The highest BCUT2D eigenvalue weighted by Crippen LogP contribution is 2.32. The molecule has 1 aromatic heterocycles. The number of aliphatic carboxylic acids is 1. The molecule has 1 heterocycles. The number of aromatic nitrogens is 1. The summed E-state index contributed by atoms with van der Waals surface area (Å²) in [6.07, 6.45) is 3.24. The molecule has 1 aliphatic carbocycles. The van der Waals surface area contributed by atoms with E-state index in [-0.39, 0.29) is 11.5 Å². The van der Waals surface area contributed by atoms with E-state index in [1.54, 1.807) is 13.2 Å². The third-order valence-electron chi connectivity index (χ3n) is 3.61. The summed E-state index contributed by atoms with van der Waals surface area (Å²) in [7, 11) is 1.65. The molecule has 0 spiro atoms. The minimum atomic E-state index is -1.14. The second-order valence-corrected chi connectivity index (χ2v) is 4.98. The molecular weight excluding hydrogens is 248 g/mol. The Morgan fingerprint density at radius 1 is 1.37 bits per heavy atom. The average Bonchev–Trinajstić information content (AvgIpc) is 2.65. The van der Waals surface area contributed by atoms with Crippen LogP contribution in [0.5, 0.6) is 0 Å². The van der Waals surface area contributed by atoms with Crippen LogP contribution >= 0.6 is 0 Å². The summed E-state index contributed by atoms with van der Waals surface area (Å²) >= 11 is 0. The maximum absolute atomic E-state index is 12.1. The number of carbonyl (C=O) groups excluding carboxylic acids is 2. The van der Waals surface area contributed by atoms with Crippen molar-refractivity contribution in [1.29, 1.82) is 0 Å². The SMILES string of the molecule is CC(=O)c1cc(C(=O)NC2(C(=O)O)CCC2)n(C)c1. The summed E-state index contributed by atoms with van der Waals surface area (Å²) in [4.78, 5) is 34.6. The summed E-state index contributed by atoms with van der Waals surface area (Å²) in [6.45, 7) is 1.42. The fourth-order valence-corrected chi connectivity index (χ4v) is 2.19. The number of Topliss-reactive ketones (excluding diaryl/α,β-unsaturated/α-hetero) is 1. The van der Waals surface area contributed by atoms with Crippen molar-refractivity contribution in [3.8, 4) is 0 Å². The molecule has 6 nitrogen and oxygen atoms in total. The first kappa shape index (κ1) is 13.3. The lowest BCUT2D eigenvalue weighted by Crippen LogP contribution is -2.59. The summed E-state index contributed by atoms with van der Waals surface area (Å²) in [5.41, 5.74) is -0.416. The molecule has 19 heavy (non-hydrogen) atoms. The lowest BCUT2D eigenvalue weighted by atomic mass is 9.76. The topological polar surface area (TPSA) is 88.4 Å². The van der Waals surface area contributed by atoms with Gasteiger partial charge in [-0.3, -0.25) is 9.59 Å². The van der Waals surface area contributed by atoms with Gasteiger partial charge in [-0.2, -0.15) is 0 Å². The van der Waals surface area contributed by atoms with E-state index in [9.17, 15) is 14.4 Å². The molecule has 1 fully saturated rings. The van der Waals surface area contributed by atoms with Gasteiger partial charge in [-0.05, 0) is 32.3 Å². The maximum Gasteiger partial charge on any atom is 0.329 e. The van der Waals surface area contributed by atoms with E-state index in [1.165, 1.54) is 17.6 Å². The molecule has 0 unspecified atom stereocenters. The van der Waals surface area contributed by atoms with E-state index < -0.39 is 17.4 Å². The number of carboxylic acid groups (broad SMARTS) is 1. The lowest BCUT2D eigenvalue weighted by Gasteiger charge is -2.38. The first-order valence-electron chi connectivity index (χ1n) is 6.09. The predicted molar refractivity (Wildman–Crippen MR) is 67.1 cm³/mol. The van der Waals surface area contributed by atoms with Crippen molar-refractivity contribution >= 4 is 17.7 Å². The molecule has 102 valence electrons. The van der Waals surface area contributed by atoms with Crippen LogP contribution in [0.3, 0.4) is 0 Å². The van der Waals surface area contributed by atoms with E-state index in [2.05, 4.69) is 5.32 Å². The van der Waals surface area contributed by atoms with Gasteiger partial charge >= 0.3 is 5.97 Å². The zero-order valence-corrected chi connectivity index (χ0v) is 10.9. The van der Waals surface area contributed by atoms with Crippen molar-refractivity contribution in [3.05, 3.63) is 23.5 Å². The van der Waals surface area contributed by atoms with E-state index in [4.69, 9.17) is 5.11 Å². The van der Waals surface area contributed by atoms with Gasteiger partial charge < -0.3 is 15.0 Å². The first-order valence-corrected chi connectivity index (χ1v) is 6.09. The molecule has 0 saturated heterocycles. The van der Waals surface area contributed by atoms with E-state index in [0.29, 0.717) is 18.4 Å². The molecule has 2 rings (SSSR count). The Balaban J connectivity index is 2.20. The molecule has 0 aliphatic heterocycles. The lowest BCUT2D eigenvalue weighted by molar-refractivity contribution is -0.148. The van der Waals surface area contributed by atoms with Gasteiger partial charge in [0.15, 0.2) is 5.78 Å². The molecule has 0 radical (unpaired) electrons. The number of nitrogens with one attached hydrogen (secondary N) is 1. The summed E-state index contributed by atoms with van der Waals surface area (Å²) in [5, 5.41) is 11.7. The predicted octanol–water partition coefficient (Wildman–Crippen LogP) is 0.965. The highest BCUT2D eigenvalue weighted by Gasteiger charge is 2.46. The molecule has 1 saturated carbocycles. The zero-order chi connectivity index (χ0) is 14.2. The Hall–Kier alpha value is -2.11. The third kappa shape index (κ3) is 2.25. The van der Waals surface area contributed by atoms with Gasteiger partial charge in [-0.1, -0.05) is 0 Å². The number of carboxylic acids is 1. The molecular formula is C13H16N2O4. The minimum Gasteiger partial charge on any atom is -0.480 e. The van der Waals surface area contributed by atoms with E-state index in [0.717, 1.165) is 6.42 Å². The van der Waals surface area contributed by atoms with Gasteiger partial charge in [0.05, 0.1) is 0 Å². The van der Waals surface area contributed by atoms with Crippen LogP contribution in [0, 0.1) is 0 Å². The molecule has 0 bridgehead atoms. The Bertz CT molecular complexity index is 555. The van der Waals surface area contributed by atoms with Crippen LogP contribution in [-0.4, -0.2) is 32.9 Å². The van der Waals surface area contributed by atoms with Crippen LogP contribution in [0.1, 0.15) is 47.0 Å². The fourth-order valence-electron chi connectivity index (χ4n) is 2.19. The molecule has 0 aromatic carbocycles. The van der Waals surface area contributed by atoms with Crippen molar-refractivity contribution in [3.63, 3.8) is 0 Å². The number of carbonyl (C=O) groups is 3. The van der Waals surface area contributed by atoms with Gasteiger partial charge in [0.25, 0.3) is 5.91 Å². The minimum absolute atomic E-state index is 0.133. The van der Waals surface area contributed by atoms with Crippen LogP contribution in [0.25, 0.3) is 0 Å². The van der Waals surface area contributed by atoms with Gasteiger partial charge in [0.1, 0.15) is 11.2 Å². The van der Waals surface area contributed by atoms with Gasteiger partial charge in [0, 0.05) is 18.8 Å². The number of ketones is 1. The van der Waals surface area contributed by atoms with Crippen molar-refractivity contribution < 1.29 is 19.5 Å². The Labute approximate surface area is 110 Å². The number of aryl methyl sites for hydroxylation is 1. The quantitative estimate of drug-likeness (QED) is 0.793. The highest BCUT2D eigenvalue weighted by molar-refractivity contribution is 6.01. The van der Waals surface area contributed by atoms with Crippen molar-refractivity contribution in [2.75, 3.05) is 0 Å². The fraction of sp³-hybridized carbons (Fsp3) is 0.462. The Morgan fingerprint density at radius 2 is 2.00 bits per heavy atom. The monoisotopic (exact) mass is 264 g/mol. The van der Waals surface area contributed by atoms with Crippen molar-refractivity contribution in [2.24, 2.45) is 7.05 Å². The average molecular weight is 264 g/mol. The number of nitrogens with zero attached hydrogens (tertiary/aromatic N) is 1. The third-order valence-corrected chi connectivity index (χ3v) is 3.61. The normalized spacial score (nSPS) is 16.5. The Kier molecular flexibility index (Phi) is 3.18. The first-order chi connectivity index (χ1) is 8.85. The van der Waals surface area contributed by atoms with Gasteiger partial charge in [-0.25, -0.2) is 4.79 Å². The van der Waals surface area contributed by atoms with E-state index in [1.807, 2.05) is 0 Å². The van der Waals surface area contributed by atoms with Crippen LogP contribution in [-0.2, 0) is 11.8 Å². The largest absolute Gasteiger partial charge is 0.480 e. The van der Waals surface area contributed by atoms with Crippen LogP contribution < -0.4 is 5.32 Å². The summed E-state index contributed by atoms with van der Waals surface area (Å²) < 4.78 is 1.53. The number of hydrogen-bond acceptors (Lipinski definition) is 3. The van der Waals surface area contributed by atoms with E-state index >= 15 is 0 Å². The van der Waals surface area contributed by atoms with Gasteiger partial charge in [0.2, 0.25) is 0 Å². The standard InChI is InChI=1S/C13H16N2O4/c1-8(16)9-6-10(15(2)7-9)11(17)14-13(12(18)19)4-3-5-13/h6-7H,3-5H2,1-2H3,(H,14,17)(H,18,19). The number of rotatable bonds is 4. The summed E-state index contributed by atoms with van der Waals surface area (Å²) in [6, 6.07) is 1.48. The second-order valence-electron chi connectivity index (χ2n) is 4.98. The summed E-state index contributed by atoms with van der Waals surface area (Å²) in [5.74, 6) is -1.60. The van der Waals surface area contributed by atoms with Crippen molar-refractivity contribution in [1.82, 2.24) is 9.88 Å². The molecule has 1 amide bonds. The van der Waals surface area contributed by atoms with Crippen molar-refractivity contribution in [2.45, 2.75) is 31.7 Å². The Morgan fingerprint density at radius 3 is 2.37 bits per heavy atom. The number of amides is 1. The second kappa shape index (κ2) is 4.53. The maximum atomic E-state index is 12.1. The highest BCUT2D eigenvalue weighted by atomic mass is 16.4. The molecule has 6 heteroatoms. The molecule has 0 atom stereocenters. The van der Waals surface area contributed by atoms with Crippen LogP contribution in [0.2, 0.25) is 0 Å². The molecule has 1 aliphatic rings. The molecule has 1 aromatic rings.